The number of rotatable bonds is 3. The van der Waals surface area contributed by atoms with Crippen LogP contribution in [0, 0.1) is 5.41 Å². The van der Waals surface area contributed by atoms with E-state index in [9.17, 15) is 9.90 Å². The first-order chi connectivity index (χ1) is 8.96. The molecule has 2 aromatic carbocycles. The fraction of sp³-hybridized carbons (Fsp3) is 0.312. The number of ether oxygens (including phenoxy) is 1. The summed E-state index contributed by atoms with van der Waals surface area (Å²) in [7, 11) is 1.33. The Morgan fingerprint density at radius 1 is 1.16 bits per heavy atom. The SMILES string of the molecule is COC(=O)C(C)(C)[C@H](O)c1ccc2ccccc2c1. The summed E-state index contributed by atoms with van der Waals surface area (Å²) in [5, 5.41) is 12.6. The van der Waals surface area contributed by atoms with Crippen molar-refractivity contribution in [2.45, 2.75) is 20.0 Å². The largest absolute Gasteiger partial charge is 0.469 e. The lowest BCUT2D eigenvalue weighted by Crippen LogP contribution is -2.32. The number of esters is 1. The Balaban J connectivity index is 2.41. The highest BCUT2D eigenvalue weighted by Crippen LogP contribution is 2.35. The van der Waals surface area contributed by atoms with Gasteiger partial charge in [-0.05, 0) is 36.2 Å². The maximum atomic E-state index is 11.7. The molecule has 0 heterocycles. The zero-order chi connectivity index (χ0) is 14.0. The summed E-state index contributed by atoms with van der Waals surface area (Å²) in [4.78, 5) is 11.7. The van der Waals surface area contributed by atoms with Gasteiger partial charge in [-0.3, -0.25) is 4.79 Å². The van der Waals surface area contributed by atoms with Crippen LogP contribution < -0.4 is 0 Å². The first kappa shape index (κ1) is 13.6. The van der Waals surface area contributed by atoms with Crippen LogP contribution in [0.3, 0.4) is 0 Å². The summed E-state index contributed by atoms with van der Waals surface area (Å²) in [5.41, 5.74) is -0.258. The first-order valence-electron chi connectivity index (χ1n) is 6.22. The second-order valence-electron chi connectivity index (χ2n) is 5.22. The predicted molar refractivity (Wildman–Crippen MR) is 74.7 cm³/mol. The van der Waals surface area contributed by atoms with Gasteiger partial charge in [0.15, 0.2) is 0 Å². The minimum atomic E-state index is -0.975. The molecule has 0 aliphatic heterocycles. The van der Waals surface area contributed by atoms with E-state index in [1.54, 1.807) is 13.8 Å². The fourth-order valence-electron chi connectivity index (χ4n) is 2.17. The average molecular weight is 258 g/mol. The number of hydrogen-bond acceptors (Lipinski definition) is 3. The number of aliphatic hydroxyl groups excluding tert-OH is 1. The zero-order valence-electron chi connectivity index (χ0n) is 11.4. The maximum absolute atomic E-state index is 11.7. The highest BCUT2D eigenvalue weighted by Gasteiger charge is 2.37. The number of fused-ring (bicyclic) bond motifs is 1. The summed E-state index contributed by atoms with van der Waals surface area (Å²) in [6, 6.07) is 13.6. The quantitative estimate of drug-likeness (QED) is 0.861. The van der Waals surface area contributed by atoms with Crippen LogP contribution >= 0.6 is 0 Å². The summed E-state index contributed by atoms with van der Waals surface area (Å²) in [6.45, 7) is 3.36. The van der Waals surface area contributed by atoms with Crippen LogP contribution in [-0.2, 0) is 9.53 Å². The molecule has 0 aliphatic rings. The van der Waals surface area contributed by atoms with E-state index in [1.807, 2.05) is 42.5 Å². The van der Waals surface area contributed by atoms with Crippen LogP contribution in [0.15, 0.2) is 42.5 Å². The number of methoxy groups -OCH3 is 1. The highest BCUT2D eigenvalue weighted by atomic mass is 16.5. The number of carbonyl (C=O) groups is 1. The van der Waals surface area contributed by atoms with E-state index in [-0.39, 0.29) is 0 Å². The molecule has 0 saturated carbocycles. The monoisotopic (exact) mass is 258 g/mol. The van der Waals surface area contributed by atoms with Gasteiger partial charge in [0, 0.05) is 0 Å². The summed E-state index contributed by atoms with van der Waals surface area (Å²) in [6.07, 6.45) is -0.899. The number of aliphatic hydroxyl groups is 1. The van der Waals surface area contributed by atoms with Gasteiger partial charge in [-0.15, -0.1) is 0 Å². The lowest BCUT2D eigenvalue weighted by molar-refractivity contribution is -0.157. The number of benzene rings is 2. The van der Waals surface area contributed by atoms with E-state index in [0.717, 1.165) is 10.8 Å². The zero-order valence-corrected chi connectivity index (χ0v) is 11.4. The molecule has 0 spiro atoms. The van der Waals surface area contributed by atoms with Crippen LogP contribution in [0.5, 0.6) is 0 Å². The fourth-order valence-corrected chi connectivity index (χ4v) is 2.17. The average Bonchev–Trinajstić information content (AvgIpc) is 2.44. The van der Waals surface area contributed by atoms with Crippen molar-refractivity contribution in [1.29, 1.82) is 0 Å². The van der Waals surface area contributed by atoms with E-state index in [4.69, 9.17) is 4.74 Å². The molecule has 0 radical (unpaired) electrons. The lowest BCUT2D eigenvalue weighted by Gasteiger charge is -2.28. The molecule has 0 saturated heterocycles. The molecule has 0 amide bonds. The molecule has 0 aliphatic carbocycles. The molecule has 19 heavy (non-hydrogen) atoms. The van der Waals surface area contributed by atoms with E-state index in [0.29, 0.717) is 5.56 Å². The predicted octanol–water partition coefficient (Wildman–Crippen LogP) is 3.07. The lowest BCUT2D eigenvalue weighted by atomic mass is 9.82. The second-order valence-corrected chi connectivity index (χ2v) is 5.22. The summed E-state index contributed by atoms with van der Waals surface area (Å²) < 4.78 is 4.75. The maximum Gasteiger partial charge on any atom is 0.314 e. The van der Waals surface area contributed by atoms with Crippen molar-refractivity contribution in [1.82, 2.24) is 0 Å². The molecule has 1 atom stereocenters. The van der Waals surface area contributed by atoms with Crippen molar-refractivity contribution >= 4 is 16.7 Å². The Hall–Kier alpha value is -1.87. The van der Waals surface area contributed by atoms with Crippen LogP contribution in [-0.4, -0.2) is 18.2 Å². The summed E-state index contributed by atoms with van der Waals surface area (Å²) >= 11 is 0. The molecule has 0 fully saturated rings. The molecular weight excluding hydrogens is 240 g/mol. The molecule has 3 heteroatoms. The van der Waals surface area contributed by atoms with Crippen molar-refractivity contribution in [3.05, 3.63) is 48.0 Å². The second kappa shape index (κ2) is 5.02. The molecule has 1 N–H and O–H groups in total. The molecule has 0 aromatic heterocycles. The minimum Gasteiger partial charge on any atom is -0.469 e. The third-order valence-corrected chi connectivity index (χ3v) is 3.48. The van der Waals surface area contributed by atoms with Crippen LogP contribution in [0.25, 0.3) is 10.8 Å². The highest BCUT2D eigenvalue weighted by molar-refractivity contribution is 5.83. The Morgan fingerprint density at radius 2 is 1.79 bits per heavy atom. The van der Waals surface area contributed by atoms with Crippen LogP contribution in [0.2, 0.25) is 0 Å². The molecule has 0 bridgehead atoms. The van der Waals surface area contributed by atoms with Gasteiger partial charge >= 0.3 is 5.97 Å². The minimum absolute atomic E-state index is 0.423. The Kier molecular flexibility index (Phi) is 3.58. The standard InChI is InChI=1S/C16H18O3/c1-16(2,15(18)19-3)14(17)13-9-8-11-6-4-5-7-12(11)10-13/h4-10,14,17H,1-3H3/t14-/m1/s1. The van der Waals surface area contributed by atoms with Gasteiger partial charge in [0.1, 0.15) is 0 Å². The summed E-state index contributed by atoms with van der Waals surface area (Å²) in [5.74, 6) is -0.423. The third kappa shape index (κ3) is 2.47. The van der Waals surface area contributed by atoms with Gasteiger partial charge in [-0.2, -0.15) is 0 Å². The van der Waals surface area contributed by atoms with Crippen molar-refractivity contribution < 1.29 is 14.6 Å². The Bertz CT molecular complexity index is 602. The Morgan fingerprint density at radius 3 is 2.42 bits per heavy atom. The number of carbonyl (C=O) groups excluding carboxylic acids is 1. The van der Waals surface area contributed by atoms with E-state index in [1.165, 1.54) is 7.11 Å². The molecule has 100 valence electrons. The van der Waals surface area contributed by atoms with E-state index >= 15 is 0 Å². The number of hydrogen-bond donors (Lipinski definition) is 1. The van der Waals surface area contributed by atoms with Crippen molar-refractivity contribution in [3.8, 4) is 0 Å². The smallest absolute Gasteiger partial charge is 0.314 e. The molecule has 2 aromatic rings. The van der Waals surface area contributed by atoms with Gasteiger partial charge in [0.25, 0.3) is 0 Å². The van der Waals surface area contributed by atoms with Gasteiger partial charge < -0.3 is 9.84 Å². The van der Waals surface area contributed by atoms with Crippen molar-refractivity contribution in [3.63, 3.8) is 0 Å². The Labute approximate surface area is 112 Å². The van der Waals surface area contributed by atoms with Crippen molar-refractivity contribution in [2.75, 3.05) is 7.11 Å². The molecule has 3 nitrogen and oxygen atoms in total. The topological polar surface area (TPSA) is 46.5 Å². The van der Waals surface area contributed by atoms with Crippen molar-refractivity contribution in [2.24, 2.45) is 5.41 Å². The van der Waals surface area contributed by atoms with Crippen LogP contribution in [0.4, 0.5) is 0 Å². The van der Waals surface area contributed by atoms with Gasteiger partial charge in [-0.1, -0.05) is 36.4 Å². The molecule has 0 unspecified atom stereocenters. The molecule has 2 rings (SSSR count). The van der Waals surface area contributed by atoms with E-state index < -0.39 is 17.5 Å². The molecular formula is C16H18O3. The van der Waals surface area contributed by atoms with Crippen LogP contribution in [0.1, 0.15) is 25.5 Å². The van der Waals surface area contributed by atoms with Gasteiger partial charge in [-0.25, -0.2) is 0 Å². The first-order valence-corrected chi connectivity index (χ1v) is 6.22. The van der Waals surface area contributed by atoms with Gasteiger partial charge in [0.05, 0.1) is 18.6 Å². The third-order valence-electron chi connectivity index (χ3n) is 3.48. The van der Waals surface area contributed by atoms with Gasteiger partial charge in [0.2, 0.25) is 0 Å². The van der Waals surface area contributed by atoms with E-state index in [2.05, 4.69) is 0 Å². The normalized spacial score (nSPS) is 13.3.